The molecule has 3 aliphatic carbocycles. The van der Waals surface area contributed by atoms with E-state index < -0.39 is 22.0 Å². The number of hydrogen-bond donors (Lipinski definition) is 4. The molecule has 1 unspecified atom stereocenters. The predicted molar refractivity (Wildman–Crippen MR) is 390 cm³/mol. The zero-order chi connectivity index (χ0) is 73.6. The third-order valence-electron chi connectivity index (χ3n) is 18.8. The van der Waals surface area contributed by atoms with Crippen LogP contribution < -0.4 is 38.4 Å². The highest BCUT2D eigenvalue weighted by atomic mass is 32.2. The molecule has 29 nitrogen and oxygen atoms in total. The molecule has 3 fully saturated rings. The van der Waals surface area contributed by atoms with E-state index in [4.69, 9.17) is 20.5 Å². The Morgan fingerprint density at radius 2 is 0.913 bits per heavy atom. The second kappa shape index (κ2) is 31.2. The van der Waals surface area contributed by atoms with Gasteiger partial charge in [0.25, 0.3) is 16.7 Å². The van der Waals surface area contributed by atoms with Gasteiger partial charge in [-0.3, -0.25) is 47.2 Å². The lowest BCUT2D eigenvalue weighted by molar-refractivity contribution is 0.0212. The number of nitrogens with one attached hydrogen (secondary N) is 3. The topological polar surface area (TPSA) is 392 Å². The predicted octanol–water partition coefficient (Wildman–Crippen LogP) is 10.2. The molecule has 0 radical (unpaired) electrons. The zero-order valence-corrected chi connectivity index (χ0v) is 60.2. The summed E-state index contributed by atoms with van der Waals surface area (Å²) in [6, 6.07) is 16.6. The maximum absolute atomic E-state index is 13.0. The van der Waals surface area contributed by atoms with Crippen LogP contribution in [0.15, 0.2) is 93.1 Å². The first-order valence-corrected chi connectivity index (χ1v) is 36.7. The van der Waals surface area contributed by atoms with E-state index in [1.54, 1.807) is 66.6 Å². The lowest BCUT2D eigenvalue weighted by Crippen LogP contribution is -2.40. The van der Waals surface area contributed by atoms with Crippen molar-refractivity contribution >= 4 is 85.0 Å². The fraction of sp³-hybridized carbons (Fsp3) is 0.446. The molecule has 0 aromatic carbocycles. The Hall–Kier alpha value is -11.2. The summed E-state index contributed by atoms with van der Waals surface area (Å²) in [6.07, 6.45) is 25.0. The zero-order valence-electron chi connectivity index (χ0n) is 59.4. The van der Waals surface area contributed by atoms with Crippen LogP contribution in [0.3, 0.4) is 0 Å². The number of rotatable bonds is 8. The van der Waals surface area contributed by atoms with E-state index in [1.165, 1.54) is 24.1 Å². The van der Waals surface area contributed by atoms with Crippen molar-refractivity contribution in [3.63, 3.8) is 0 Å². The minimum absolute atomic E-state index is 0.0281. The van der Waals surface area contributed by atoms with Gasteiger partial charge in [0.2, 0.25) is 17.1 Å². The van der Waals surface area contributed by atoms with E-state index in [9.17, 15) is 38.7 Å². The van der Waals surface area contributed by atoms with Gasteiger partial charge in [-0.2, -0.15) is 25.8 Å². The van der Waals surface area contributed by atoms with Gasteiger partial charge < -0.3 is 41.0 Å². The molecule has 9 aromatic heterocycles. The maximum atomic E-state index is 13.0. The van der Waals surface area contributed by atoms with E-state index in [0.29, 0.717) is 89.0 Å². The monoisotopic (exact) mass is 1430 g/mol. The van der Waals surface area contributed by atoms with Crippen LogP contribution in [0.1, 0.15) is 187 Å². The molecule has 538 valence electrons. The number of hydrogen-bond acceptors (Lipinski definition) is 24. The summed E-state index contributed by atoms with van der Waals surface area (Å²) in [5.74, 6) is 0.749. The Bertz CT molecular complexity index is 5140. The Kier molecular flexibility index (Phi) is 21.8. The largest absolute Gasteiger partial charge is 0.444 e. The lowest BCUT2D eigenvalue weighted by atomic mass is 10.1. The molecule has 1 atom stereocenters. The molecule has 0 saturated heterocycles. The van der Waals surface area contributed by atoms with Gasteiger partial charge in [-0.15, -0.1) is 0 Å². The molecule has 6 aliphatic rings. The normalized spacial score (nSPS) is 16.2. The smallest absolute Gasteiger partial charge is 0.410 e. The van der Waals surface area contributed by atoms with Crippen LogP contribution in [0.2, 0.25) is 0 Å². The highest BCUT2D eigenvalue weighted by Crippen LogP contribution is 2.35. The number of fused-ring (bicyclic) bond motifs is 6. The van der Waals surface area contributed by atoms with Crippen LogP contribution >= 0.6 is 0 Å². The van der Waals surface area contributed by atoms with Gasteiger partial charge in [0.05, 0.1) is 59.5 Å². The fourth-order valence-corrected chi connectivity index (χ4v) is 14.3. The number of ether oxygens (including phenoxy) is 2. The number of nitrogen functional groups attached to an aromatic ring is 1. The first-order chi connectivity index (χ1) is 49.9. The minimum Gasteiger partial charge on any atom is -0.444 e. The van der Waals surface area contributed by atoms with Gasteiger partial charge in [0.15, 0.2) is 0 Å². The number of nitrogens with two attached hydrogens (primary N) is 1. The van der Waals surface area contributed by atoms with Gasteiger partial charge in [-0.25, -0.2) is 29.5 Å². The van der Waals surface area contributed by atoms with E-state index in [2.05, 4.69) is 66.9 Å². The summed E-state index contributed by atoms with van der Waals surface area (Å²) in [6.45, 7) is 15.0. The van der Waals surface area contributed by atoms with Gasteiger partial charge in [-0.05, 0) is 133 Å². The third-order valence-corrected chi connectivity index (χ3v) is 19.5. The molecule has 15 rings (SSSR count). The van der Waals surface area contributed by atoms with Crippen LogP contribution in [-0.4, -0.2) is 122 Å². The second-order valence-electron chi connectivity index (χ2n) is 28.7. The number of amides is 2. The van der Waals surface area contributed by atoms with Crippen molar-refractivity contribution < 1.29 is 23.3 Å². The van der Waals surface area contributed by atoms with Crippen LogP contribution in [0.4, 0.5) is 38.5 Å². The highest BCUT2D eigenvalue weighted by molar-refractivity contribution is 7.84. The van der Waals surface area contributed by atoms with E-state index in [-0.39, 0.29) is 68.8 Å². The molecule has 104 heavy (non-hydrogen) atoms. The number of nitriles is 3. The summed E-state index contributed by atoms with van der Waals surface area (Å²) < 4.78 is 27.4. The number of carbonyl (C=O) groups excluding carboxylic acids is 2. The number of pyridine rings is 6. The van der Waals surface area contributed by atoms with Crippen LogP contribution in [0.5, 0.6) is 0 Å². The van der Waals surface area contributed by atoms with Gasteiger partial charge in [0.1, 0.15) is 63.0 Å². The second-order valence-corrected chi connectivity index (χ2v) is 30.0. The molecular formula is C74H83N21O8S. The van der Waals surface area contributed by atoms with E-state index in [1.807, 2.05) is 71.9 Å². The third kappa shape index (κ3) is 16.8. The van der Waals surface area contributed by atoms with Crippen LogP contribution in [0.25, 0.3) is 33.1 Å². The van der Waals surface area contributed by atoms with Crippen molar-refractivity contribution in [1.82, 2.24) is 73.7 Å². The van der Waals surface area contributed by atoms with Crippen molar-refractivity contribution in [3.8, 4) is 18.2 Å². The number of carbonyl (C=O) groups is 2. The molecule has 9 aromatic rings. The Balaban J connectivity index is 0.000000135. The average molecular weight is 1430 g/mol. The number of anilines is 5. The SMILES string of the molecule is CC(C)(C)OC(=O)N1CCc2ncc(N)cc2C1.CC(C)(C)OC(=O)N1CCc2ncc(Nc3ncc4cc(C#N)c(=O)n(C5CCCC5)c4n3)cc2C1.CS(=O)c1ncc2cc(C#N)c(=O)n(C3CCCC3)c2n1.N#Cc1cc2cnc(Nc3cnc4c(c3)CNCC4)nc2n(C2CCCC2)c1=O. The summed E-state index contributed by atoms with van der Waals surface area (Å²) in [5, 5.41) is 39.9. The Morgan fingerprint density at radius 1 is 0.529 bits per heavy atom. The van der Waals surface area contributed by atoms with E-state index >= 15 is 0 Å². The summed E-state index contributed by atoms with van der Waals surface area (Å²) >= 11 is 0. The highest BCUT2D eigenvalue weighted by Gasteiger charge is 2.31. The van der Waals surface area contributed by atoms with Crippen molar-refractivity contribution in [2.24, 2.45) is 0 Å². The molecule has 12 heterocycles. The van der Waals surface area contributed by atoms with Crippen LogP contribution in [-0.2, 0) is 59.2 Å². The number of aromatic nitrogens is 12. The molecule has 0 bridgehead atoms. The van der Waals surface area contributed by atoms with Gasteiger partial charge >= 0.3 is 12.2 Å². The molecule has 3 saturated carbocycles. The van der Waals surface area contributed by atoms with Gasteiger partial charge in [-0.1, -0.05) is 38.5 Å². The minimum atomic E-state index is -1.31. The standard InChI is InChI=1S/C26H29N7O3.C21H21N7O.C14H14N4O2S.C13H19N3O2/c1-26(2,3)36-25(35)32-9-8-21-18(15-32)11-19(14-28-21)30-24-29-13-17-10-16(12-27)23(34)33(22(17)31-24)20-6-4-5-7-20;22-9-13-7-15-11-25-21(26-16-8-14-10-23-6-5-18(14)24-12-16)27-19(15)28(20(13)29)17-3-1-2-4-17;1-21(20)14-16-8-10-6-9(7-15)13(19)18(12(10)17-14)11-4-2-3-5-11;1-13(2,3)18-12(17)16-5-4-11-9(8-16)6-10(14)7-15-11/h10-11,13-14,20H,4-9,15H2,1-3H3,(H,29,30,31);7-8,11-12,17,23H,1-6,10H2,(H,25,26,27);6,8,11H,2-5H2,1H3;6-7H,4-5,8,14H2,1-3H3. The van der Waals surface area contributed by atoms with E-state index in [0.717, 1.165) is 137 Å². The van der Waals surface area contributed by atoms with Crippen molar-refractivity contribution in [1.29, 1.82) is 15.8 Å². The molecule has 30 heteroatoms. The Labute approximate surface area is 602 Å². The molecule has 3 aliphatic heterocycles. The van der Waals surface area contributed by atoms with Crippen molar-refractivity contribution in [2.45, 2.75) is 192 Å². The van der Waals surface area contributed by atoms with Crippen LogP contribution in [0, 0.1) is 34.0 Å². The summed E-state index contributed by atoms with van der Waals surface area (Å²) in [7, 11) is -1.31. The molecular weight excluding hydrogens is 1340 g/mol. The molecule has 0 spiro atoms. The average Bonchev–Trinajstić information content (AvgIpc) is 1.19. The van der Waals surface area contributed by atoms with Gasteiger partial charge in [0, 0.05) is 122 Å². The fourth-order valence-electron chi connectivity index (χ4n) is 13.9. The first-order valence-electron chi connectivity index (χ1n) is 35.1. The Morgan fingerprint density at radius 3 is 1.33 bits per heavy atom. The maximum Gasteiger partial charge on any atom is 0.410 e. The molecule has 5 N–H and O–H groups in total. The quantitative estimate of drug-likeness (QED) is 0.103. The number of nitrogens with zero attached hydrogens (tertiary/aromatic N) is 17. The summed E-state index contributed by atoms with van der Waals surface area (Å²) in [4.78, 5) is 106. The lowest BCUT2D eigenvalue weighted by Gasteiger charge is -2.31. The van der Waals surface area contributed by atoms with Crippen molar-refractivity contribution in [2.75, 3.05) is 42.3 Å². The summed E-state index contributed by atoms with van der Waals surface area (Å²) in [5.41, 5.74) is 14.0. The van der Waals surface area contributed by atoms with Crippen molar-refractivity contribution in [3.05, 3.63) is 155 Å². The first kappa shape index (κ1) is 72.6. The molecule has 2 amide bonds.